The molecule has 0 saturated heterocycles. The molecule has 0 aromatic heterocycles. The van der Waals surface area contributed by atoms with Crippen LogP contribution in [0.2, 0.25) is 0 Å². The highest BCUT2D eigenvalue weighted by Crippen LogP contribution is 2.36. The molecular weight excluding hydrogens is 282 g/mol. The summed E-state index contributed by atoms with van der Waals surface area (Å²) in [6.07, 6.45) is 12.5. The molecule has 0 heterocycles. The summed E-state index contributed by atoms with van der Waals surface area (Å²) in [5, 5.41) is 0.571. The van der Waals surface area contributed by atoms with Gasteiger partial charge in [0.25, 0.3) is 0 Å². The van der Waals surface area contributed by atoms with Gasteiger partial charge >= 0.3 is 7.82 Å². The first kappa shape index (κ1) is 21.8. The van der Waals surface area contributed by atoms with Crippen molar-refractivity contribution in [3.8, 4) is 0 Å². The van der Waals surface area contributed by atoms with Crippen LogP contribution >= 0.6 is 17.1 Å². The van der Waals surface area contributed by atoms with Crippen LogP contribution in [0.25, 0.3) is 0 Å². The van der Waals surface area contributed by atoms with Crippen molar-refractivity contribution in [1.82, 2.24) is 0 Å². The fourth-order valence-corrected chi connectivity index (χ4v) is 2.57. The summed E-state index contributed by atoms with van der Waals surface area (Å²) in [7, 11) is -1.47. The van der Waals surface area contributed by atoms with Gasteiger partial charge in [0.2, 0.25) is 0 Å². The Morgan fingerprint density at radius 1 is 0.842 bits per heavy atom. The minimum absolute atomic E-state index is 0.571. The third-order valence-corrected chi connectivity index (χ3v) is 3.95. The maximum absolute atomic E-state index is 8.88. The molecule has 0 aliphatic carbocycles. The van der Waals surface area contributed by atoms with Gasteiger partial charge in [0.15, 0.2) is 0 Å². The first-order chi connectivity index (χ1) is 8.68. The molecule has 0 aliphatic rings. The Balaban J connectivity index is 0. The SMILES string of the molecule is CCCCC(P)(CCCC)CCCC.O=P(O)(O)O. The molecule has 0 aromatic rings. The van der Waals surface area contributed by atoms with Crippen LogP contribution in [0.1, 0.15) is 78.6 Å². The normalized spacial score (nSPS) is 11.9. The predicted octanol–water partition coefficient (Wildman–Crippen LogP) is 4.24. The van der Waals surface area contributed by atoms with Crippen LogP contribution < -0.4 is 0 Å². The fraction of sp³-hybridized carbons (Fsp3) is 1.00. The molecule has 4 nitrogen and oxygen atoms in total. The lowest BCUT2D eigenvalue weighted by atomic mass is 9.90. The second-order valence-corrected chi connectivity index (χ2v) is 7.44. The third-order valence-electron chi connectivity index (χ3n) is 3.08. The van der Waals surface area contributed by atoms with Crippen molar-refractivity contribution >= 4 is 17.1 Å². The van der Waals surface area contributed by atoms with Gasteiger partial charge < -0.3 is 14.7 Å². The Morgan fingerprint density at radius 2 is 1.05 bits per heavy atom. The van der Waals surface area contributed by atoms with Crippen molar-refractivity contribution in [1.29, 1.82) is 0 Å². The van der Waals surface area contributed by atoms with Crippen molar-refractivity contribution < 1.29 is 19.2 Å². The number of hydrogen-bond acceptors (Lipinski definition) is 1. The highest BCUT2D eigenvalue weighted by Gasteiger charge is 2.22. The molecule has 0 amide bonds. The zero-order valence-electron chi connectivity index (χ0n) is 12.6. The summed E-state index contributed by atoms with van der Waals surface area (Å²) in [6.45, 7) is 6.89. The Kier molecular flexibility index (Phi) is 14.1. The number of phosphoric acid groups is 1. The Bertz CT molecular complexity index is 211. The van der Waals surface area contributed by atoms with E-state index in [0.29, 0.717) is 5.16 Å². The van der Waals surface area contributed by atoms with Crippen LogP contribution in [0.5, 0.6) is 0 Å². The maximum Gasteiger partial charge on any atom is 0.466 e. The van der Waals surface area contributed by atoms with Crippen molar-refractivity contribution in [2.24, 2.45) is 0 Å². The first-order valence-electron chi connectivity index (χ1n) is 7.25. The monoisotopic (exact) mass is 314 g/mol. The van der Waals surface area contributed by atoms with Crippen LogP contribution in [-0.4, -0.2) is 19.8 Å². The van der Waals surface area contributed by atoms with Gasteiger partial charge in [-0.1, -0.05) is 59.3 Å². The van der Waals surface area contributed by atoms with E-state index < -0.39 is 7.82 Å². The maximum atomic E-state index is 8.88. The summed E-state index contributed by atoms with van der Waals surface area (Å²) in [5.41, 5.74) is 0. The molecule has 1 unspecified atom stereocenters. The lowest BCUT2D eigenvalue weighted by Crippen LogP contribution is -2.20. The predicted molar refractivity (Wildman–Crippen MR) is 85.3 cm³/mol. The van der Waals surface area contributed by atoms with E-state index in [2.05, 4.69) is 30.0 Å². The van der Waals surface area contributed by atoms with Gasteiger partial charge in [-0.05, 0) is 24.4 Å². The summed E-state index contributed by atoms with van der Waals surface area (Å²) < 4.78 is 8.88. The second kappa shape index (κ2) is 12.3. The van der Waals surface area contributed by atoms with E-state index in [4.69, 9.17) is 19.2 Å². The number of unbranched alkanes of at least 4 members (excludes halogenated alkanes) is 3. The molecule has 0 bridgehead atoms. The van der Waals surface area contributed by atoms with Gasteiger partial charge in [-0.15, -0.1) is 9.24 Å². The molecule has 6 heteroatoms. The van der Waals surface area contributed by atoms with E-state index in [9.17, 15) is 0 Å². The largest absolute Gasteiger partial charge is 0.466 e. The van der Waals surface area contributed by atoms with Crippen molar-refractivity contribution in [2.75, 3.05) is 0 Å². The molecule has 0 aliphatic heterocycles. The molecule has 0 rings (SSSR count). The summed E-state index contributed by atoms with van der Waals surface area (Å²) in [6, 6.07) is 0. The first-order valence-corrected chi connectivity index (χ1v) is 9.40. The third kappa shape index (κ3) is 21.0. The Labute approximate surface area is 120 Å². The molecule has 0 fully saturated rings. The Hall–Kier alpha value is 0.540. The quantitative estimate of drug-likeness (QED) is 0.556. The van der Waals surface area contributed by atoms with Gasteiger partial charge in [0, 0.05) is 0 Å². The molecule has 118 valence electrons. The zero-order chi connectivity index (χ0) is 15.4. The molecule has 0 aromatic carbocycles. The van der Waals surface area contributed by atoms with Crippen LogP contribution in [0.4, 0.5) is 0 Å². The molecule has 0 saturated carbocycles. The lowest BCUT2D eigenvalue weighted by Gasteiger charge is -2.29. The highest BCUT2D eigenvalue weighted by atomic mass is 31.2. The lowest BCUT2D eigenvalue weighted by molar-refractivity contribution is 0.275. The van der Waals surface area contributed by atoms with Crippen molar-refractivity contribution in [2.45, 2.75) is 83.7 Å². The van der Waals surface area contributed by atoms with Crippen LogP contribution in [0.3, 0.4) is 0 Å². The summed E-state index contributed by atoms with van der Waals surface area (Å²) in [5.74, 6) is 0. The van der Waals surface area contributed by atoms with Gasteiger partial charge in [0.1, 0.15) is 0 Å². The minimum atomic E-state index is -4.64. The highest BCUT2D eigenvalue weighted by molar-refractivity contribution is 7.45. The van der Waals surface area contributed by atoms with Gasteiger partial charge in [-0.3, -0.25) is 0 Å². The van der Waals surface area contributed by atoms with E-state index in [1.54, 1.807) is 0 Å². The van der Waals surface area contributed by atoms with Gasteiger partial charge in [0.05, 0.1) is 0 Å². The van der Waals surface area contributed by atoms with E-state index >= 15 is 0 Å². The average Bonchev–Trinajstić information content (AvgIpc) is 2.30. The van der Waals surface area contributed by atoms with E-state index in [-0.39, 0.29) is 0 Å². The smallest absolute Gasteiger partial charge is 0.303 e. The van der Waals surface area contributed by atoms with E-state index in [1.807, 2.05) is 0 Å². The van der Waals surface area contributed by atoms with E-state index in [0.717, 1.165) is 0 Å². The second-order valence-electron chi connectivity index (χ2n) is 5.19. The van der Waals surface area contributed by atoms with Gasteiger partial charge in [-0.25, -0.2) is 4.57 Å². The Morgan fingerprint density at radius 3 is 1.21 bits per heavy atom. The zero-order valence-corrected chi connectivity index (χ0v) is 14.7. The topological polar surface area (TPSA) is 77.8 Å². The molecule has 0 radical (unpaired) electrons. The summed E-state index contributed by atoms with van der Waals surface area (Å²) >= 11 is 0. The molecule has 3 N–H and O–H groups in total. The van der Waals surface area contributed by atoms with E-state index in [1.165, 1.54) is 57.8 Å². The number of rotatable bonds is 9. The van der Waals surface area contributed by atoms with Crippen LogP contribution in [0, 0.1) is 0 Å². The molecule has 0 spiro atoms. The molecule has 1 atom stereocenters. The van der Waals surface area contributed by atoms with Gasteiger partial charge in [-0.2, -0.15) is 0 Å². The molecule has 19 heavy (non-hydrogen) atoms. The minimum Gasteiger partial charge on any atom is -0.303 e. The van der Waals surface area contributed by atoms with Crippen LogP contribution in [-0.2, 0) is 4.57 Å². The number of hydrogen-bond donors (Lipinski definition) is 3. The van der Waals surface area contributed by atoms with Crippen LogP contribution in [0.15, 0.2) is 0 Å². The fourth-order valence-electron chi connectivity index (χ4n) is 1.96. The van der Waals surface area contributed by atoms with Crippen molar-refractivity contribution in [3.05, 3.63) is 0 Å². The van der Waals surface area contributed by atoms with Crippen molar-refractivity contribution in [3.63, 3.8) is 0 Å². The standard InChI is InChI=1S/C13H29P.H3O4P/c1-4-7-10-13(14,11-8-5-2)12-9-6-3;1-5(2,3)4/h4-12,14H2,1-3H3;(H3,1,2,3,4). The average molecular weight is 314 g/mol. The summed E-state index contributed by atoms with van der Waals surface area (Å²) in [4.78, 5) is 21.6. The molecular formula is C13H32O4P2.